The van der Waals surface area contributed by atoms with Gasteiger partial charge in [-0.1, -0.05) is 43.6 Å². The Labute approximate surface area is 137 Å². The molecule has 0 spiro atoms. The molecule has 124 valence electrons. The van der Waals surface area contributed by atoms with E-state index < -0.39 is 6.10 Å². The van der Waals surface area contributed by atoms with Crippen LogP contribution in [0.3, 0.4) is 0 Å². The molecule has 5 nitrogen and oxygen atoms in total. The molecule has 1 aromatic carbocycles. The van der Waals surface area contributed by atoms with Crippen LogP contribution in [0.2, 0.25) is 5.02 Å². The molecule has 0 heterocycles. The van der Waals surface area contributed by atoms with Crippen molar-refractivity contribution in [1.82, 2.24) is 10.6 Å². The summed E-state index contributed by atoms with van der Waals surface area (Å²) in [7, 11) is 1.58. The fourth-order valence-corrected chi connectivity index (χ4v) is 2.23. The van der Waals surface area contributed by atoms with Gasteiger partial charge in [-0.05, 0) is 18.4 Å². The van der Waals surface area contributed by atoms with Gasteiger partial charge in [-0.3, -0.25) is 0 Å². The van der Waals surface area contributed by atoms with Gasteiger partial charge in [-0.25, -0.2) is 4.79 Å². The lowest BCUT2D eigenvalue weighted by atomic mass is 10.0. The highest BCUT2D eigenvalue weighted by Crippen LogP contribution is 2.24. The summed E-state index contributed by atoms with van der Waals surface area (Å²) in [4.78, 5) is 11.7. The maximum absolute atomic E-state index is 11.7. The number of methoxy groups -OCH3 is 1. The molecule has 6 heteroatoms. The summed E-state index contributed by atoms with van der Waals surface area (Å²) in [5.41, 5.74) is 0.835. The first-order valence-corrected chi connectivity index (χ1v) is 7.80. The van der Waals surface area contributed by atoms with Crippen LogP contribution in [-0.4, -0.2) is 37.4 Å². The zero-order valence-corrected chi connectivity index (χ0v) is 14.1. The van der Waals surface area contributed by atoms with Crippen LogP contribution in [0.5, 0.6) is 0 Å². The van der Waals surface area contributed by atoms with Crippen molar-refractivity contribution in [2.24, 2.45) is 5.92 Å². The van der Waals surface area contributed by atoms with E-state index in [1.54, 1.807) is 13.2 Å². The van der Waals surface area contributed by atoms with Gasteiger partial charge >= 0.3 is 6.03 Å². The first-order chi connectivity index (χ1) is 10.5. The number of hydrogen-bond donors (Lipinski definition) is 3. The van der Waals surface area contributed by atoms with Crippen molar-refractivity contribution >= 4 is 17.6 Å². The smallest absolute Gasteiger partial charge is 0.314 e. The first kappa shape index (κ1) is 18.7. The molecule has 0 saturated carbocycles. The topological polar surface area (TPSA) is 70.6 Å². The number of halogens is 1. The maximum Gasteiger partial charge on any atom is 0.314 e. The summed E-state index contributed by atoms with van der Waals surface area (Å²) < 4.78 is 5.37. The Morgan fingerprint density at radius 2 is 2.00 bits per heavy atom. The molecular weight excluding hydrogens is 304 g/mol. The number of aliphatic hydroxyl groups excluding tert-OH is 1. The van der Waals surface area contributed by atoms with E-state index in [-0.39, 0.29) is 18.1 Å². The second-order valence-electron chi connectivity index (χ2n) is 5.48. The molecule has 0 aromatic heterocycles. The van der Waals surface area contributed by atoms with Crippen molar-refractivity contribution in [3.05, 3.63) is 34.9 Å². The van der Waals surface area contributed by atoms with E-state index in [1.807, 2.05) is 32.0 Å². The number of amides is 2. The van der Waals surface area contributed by atoms with Crippen molar-refractivity contribution in [1.29, 1.82) is 0 Å². The fourth-order valence-electron chi connectivity index (χ4n) is 1.97. The fraction of sp³-hybridized carbons (Fsp3) is 0.562. The van der Waals surface area contributed by atoms with Gasteiger partial charge in [0.25, 0.3) is 0 Å². The number of aliphatic hydroxyl groups is 1. The highest BCUT2D eigenvalue weighted by molar-refractivity contribution is 6.31. The second-order valence-corrected chi connectivity index (χ2v) is 5.89. The number of hydrogen-bond acceptors (Lipinski definition) is 3. The summed E-state index contributed by atoms with van der Waals surface area (Å²) in [6.45, 7) is 4.63. The summed E-state index contributed by atoms with van der Waals surface area (Å²) in [6, 6.07) is 7.09. The zero-order valence-electron chi connectivity index (χ0n) is 13.3. The van der Waals surface area contributed by atoms with E-state index in [1.165, 1.54) is 0 Å². The third-order valence-corrected chi connectivity index (χ3v) is 3.82. The van der Waals surface area contributed by atoms with E-state index in [9.17, 15) is 9.90 Å². The van der Waals surface area contributed by atoms with Gasteiger partial charge in [0.15, 0.2) is 0 Å². The number of carbonyl (C=O) groups excluding carboxylic acids is 1. The lowest BCUT2D eigenvalue weighted by molar-refractivity contribution is 0.103. The van der Waals surface area contributed by atoms with Crippen molar-refractivity contribution in [3.63, 3.8) is 0 Å². The van der Waals surface area contributed by atoms with E-state index in [4.69, 9.17) is 16.3 Å². The van der Waals surface area contributed by atoms with Crippen LogP contribution in [0.15, 0.2) is 24.3 Å². The molecule has 0 radical (unpaired) electrons. The molecule has 0 fully saturated rings. The molecule has 2 atom stereocenters. The largest absolute Gasteiger partial charge is 0.393 e. The molecule has 0 bridgehead atoms. The van der Waals surface area contributed by atoms with E-state index in [0.717, 1.165) is 5.56 Å². The van der Waals surface area contributed by atoms with E-state index in [0.29, 0.717) is 24.5 Å². The Morgan fingerprint density at radius 3 is 2.59 bits per heavy atom. The molecule has 2 unspecified atom stereocenters. The molecule has 1 aromatic rings. The minimum absolute atomic E-state index is 0.183. The van der Waals surface area contributed by atoms with E-state index >= 15 is 0 Å². The van der Waals surface area contributed by atoms with Gasteiger partial charge in [0.1, 0.15) is 6.10 Å². The van der Waals surface area contributed by atoms with Crippen LogP contribution in [0, 0.1) is 5.92 Å². The van der Waals surface area contributed by atoms with Gasteiger partial charge < -0.3 is 20.5 Å². The predicted octanol–water partition coefficient (Wildman–Crippen LogP) is 2.73. The van der Waals surface area contributed by atoms with Crippen LogP contribution in [0.25, 0.3) is 0 Å². The average Bonchev–Trinajstić information content (AvgIpc) is 2.49. The van der Waals surface area contributed by atoms with Gasteiger partial charge in [0.2, 0.25) is 0 Å². The Hall–Kier alpha value is -1.30. The van der Waals surface area contributed by atoms with Crippen LogP contribution in [-0.2, 0) is 4.74 Å². The minimum atomic E-state index is -0.407. The lowest BCUT2D eigenvalue weighted by Gasteiger charge is -2.18. The van der Waals surface area contributed by atoms with Gasteiger partial charge in [-0.2, -0.15) is 0 Å². The van der Waals surface area contributed by atoms with Crippen LogP contribution >= 0.6 is 11.6 Å². The second kappa shape index (κ2) is 9.66. The van der Waals surface area contributed by atoms with Crippen LogP contribution in [0.4, 0.5) is 4.79 Å². The normalized spacial score (nSPS) is 13.7. The van der Waals surface area contributed by atoms with Crippen molar-refractivity contribution < 1.29 is 14.6 Å². The molecule has 0 aliphatic heterocycles. The van der Waals surface area contributed by atoms with Gasteiger partial charge in [0, 0.05) is 30.8 Å². The third kappa shape index (κ3) is 6.22. The number of benzene rings is 1. The zero-order chi connectivity index (χ0) is 16.5. The number of carbonyl (C=O) groups is 1. The highest BCUT2D eigenvalue weighted by atomic mass is 35.5. The Bertz CT molecular complexity index is 468. The first-order valence-electron chi connectivity index (χ1n) is 7.42. The highest BCUT2D eigenvalue weighted by Gasteiger charge is 2.15. The number of ether oxygens (including phenoxy) is 1. The quantitative estimate of drug-likeness (QED) is 0.687. The number of urea groups is 1. The Morgan fingerprint density at radius 1 is 1.32 bits per heavy atom. The van der Waals surface area contributed by atoms with Crippen molar-refractivity contribution in [2.45, 2.75) is 32.5 Å². The maximum atomic E-state index is 11.7. The monoisotopic (exact) mass is 328 g/mol. The molecular formula is C16H25ClN2O3. The van der Waals surface area contributed by atoms with Gasteiger partial charge in [-0.15, -0.1) is 0 Å². The molecule has 1 rings (SSSR count). The van der Waals surface area contributed by atoms with Gasteiger partial charge in [0.05, 0.1) is 6.10 Å². The average molecular weight is 329 g/mol. The SMILES string of the molecule is COC(CNC(=O)NCCC(O)C(C)C)c1ccccc1Cl. The molecule has 0 saturated heterocycles. The summed E-state index contributed by atoms with van der Waals surface area (Å²) >= 11 is 6.13. The van der Waals surface area contributed by atoms with E-state index in [2.05, 4.69) is 10.6 Å². The molecule has 2 amide bonds. The van der Waals surface area contributed by atoms with Crippen molar-refractivity contribution in [2.75, 3.05) is 20.2 Å². The van der Waals surface area contributed by atoms with Crippen LogP contribution in [0.1, 0.15) is 31.9 Å². The summed E-state index contributed by atoms with van der Waals surface area (Å²) in [5.74, 6) is 0.183. The summed E-state index contributed by atoms with van der Waals surface area (Å²) in [5, 5.41) is 15.7. The standard InChI is InChI=1S/C16H25ClN2O3/c1-11(2)14(20)8-9-18-16(21)19-10-15(22-3)12-6-4-5-7-13(12)17/h4-7,11,14-15,20H,8-10H2,1-3H3,(H2,18,19,21). The number of nitrogens with one attached hydrogen (secondary N) is 2. The number of rotatable bonds is 8. The third-order valence-electron chi connectivity index (χ3n) is 3.48. The molecule has 3 N–H and O–H groups in total. The predicted molar refractivity (Wildman–Crippen MR) is 88.1 cm³/mol. The minimum Gasteiger partial charge on any atom is -0.393 e. The molecule has 0 aliphatic rings. The molecule has 22 heavy (non-hydrogen) atoms. The van der Waals surface area contributed by atoms with Crippen molar-refractivity contribution in [3.8, 4) is 0 Å². The van der Waals surface area contributed by atoms with Crippen LogP contribution < -0.4 is 10.6 Å². The Kier molecular flexibility index (Phi) is 8.24. The summed E-state index contributed by atoms with van der Waals surface area (Å²) in [6.07, 6.45) is -0.181. The lowest BCUT2D eigenvalue weighted by Crippen LogP contribution is -2.39. The molecule has 0 aliphatic carbocycles. The Balaban J connectivity index is 2.37.